The SMILES string of the molecule is CC(C)c1ccc(/C=C/C(=O)Nc2ccc(O)cc2)cc1. The van der Waals surface area contributed by atoms with Crippen LogP contribution in [0.25, 0.3) is 6.08 Å². The van der Waals surface area contributed by atoms with Crippen LogP contribution in [0.1, 0.15) is 30.9 Å². The molecule has 0 bridgehead atoms. The highest BCUT2D eigenvalue weighted by Gasteiger charge is 1.99. The Labute approximate surface area is 124 Å². The maximum absolute atomic E-state index is 11.8. The molecule has 108 valence electrons. The number of hydrogen-bond acceptors (Lipinski definition) is 2. The summed E-state index contributed by atoms with van der Waals surface area (Å²) in [5.74, 6) is 0.475. The van der Waals surface area contributed by atoms with Crippen molar-refractivity contribution in [1.29, 1.82) is 0 Å². The van der Waals surface area contributed by atoms with Gasteiger partial charge in [0.25, 0.3) is 0 Å². The van der Waals surface area contributed by atoms with Crippen molar-refractivity contribution in [3.05, 3.63) is 65.7 Å². The molecule has 2 rings (SSSR count). The lowest BCUT2D eigenvalue weighted by Gasteiger charge is -2.05. The Morgan fingerprint density at radius 2 is 1.67 bits per heavy atom. The van der Waals surface area contributed by atoms with Gasteiger partial charge in [0, 0.05) is 11.8 Å². The van der Waals surface area contributed by atoms with E-state index in [1.807, 2.05) is 12.1 Å². The summed E-state index contributed by atoms with van der Waals surface area (Å²) in [6.07, 6.45) is 3.27. The van der Waals surface area contributed by atoms with Crippen molar-refractivity contribution < 1.29 is 9.90 Å². The highest BCUT2D eigenvalue weighted by molar-refractivity contribution is 6.01. The molecular weight excluding hydrogens is 262 g/mol. The van der Waals surface area contributed by atoms with E-state index in [1.165, 1.54) is 23.8 Å². The molecule has 0 aliphatic carbocycles. The highest BCUT2D eigenvalue weighted by Crippen LogP contribution is 2.16. The minimum Gasteiger partial charge on any atom is -0.508 e. The van der Waals surface area contributed by atoms with Gasteiger partial charge in [0.1, 0.15) is 5.75 Å². The second-order valence-corrected chi connectivity index (χ2v) is 5.19. The number of carbonyl (C=O) groups excluding carboxylic acids is 1. The summed E-state index contributed by atoms with van der Waals surface area (Å²) in [6, 6.07) is 14.5. The lowest BCUT2D eigenvalue weighted by atomic mass is 10.0. The Morgan fingerprint density at radius 3 is 2.24 bits per heavy atom. The first kappa shape index (κ1) is 14.9. The number of phenols is 1. The normalized spacial score (nSPS) is 11.0. The third-order valence-electron chi connectivity index (χ3n) is 3.17. The first-order chi connectivity index (χ1) is 10.0. The monoisotopic (exact) mass is 281 g/mol. The standard InChI is InChI=1S/C18H19NO2/c1-13(2)15-6-3-14(4-7-15)5-12-18(21)19-16-8-10-17(20)11-9-16/h3-13,20H,1-2H3,(H,19,21)/b12-5+. The number of carbonyl (C=O) groups is 1. The third-order valence-corrected chi connectivity index (χ3v) is 3.17. The van der Waals surface area contributed by atoms with E-state index >= 15 is 0 Å². The molecule has 2 aromatic carbocycles. The molecule has 3 heteroatoms. The molecule has 21 heavy (non-hydrogen) atoms. The molecule has 0 unspecified atom stereocenters. The van der Waals surface area contributed by atoms with E-state index in [-0.39, 0.29) is 11.7 Å². The van der Waals surface area contributed by atoms with Crippen LogP contribution in [-0.2, 0) is 4.79 Å². The van der Waals surface area contributed by atoms with E-state index in [1.54, 1.807) is 18.2 Å². The van der Waals surface area contributed by atoms with Gasteiger partial charge < -0.3 is 10.4 Å². The van der Waals surface area contributed by atoms with Crippen LogP contribution in [0, 0.1) is 0 Å². The van der Waals surface area contributed by atoms with Gasteiger partial charge in [-0.2, -0.15) is 0 Å². The summed E-state index contributed by atoms with van der Waals surface area (Å²) >= 11 is 0. The quantitative estimate of drug-likeness (QED) is 0.653. The molecule has 0 radical (unpaired) electrons. The summed E-state index contributed by atoms with van der Waals surface area (Å²) in [7, 11) is 0. The zero-order chi connectivity index (χ0) is 15.2. The topological polar surface area (TPSA) is 49.3 Å². The summed E-state index contributed by atoms with van der Waals surface area (Å²) in [5, 5.41) is 11.9. The molecule has 0 heterocycles. The molecule has 0 atom stereocenters. The van der Waals surface area contributed by atoms with E-state index in [0.717, 1.165) is 5.56 Å². The van der Waals surface area contributed by atoms with Crippen molar-refractivity contribution in [2.75, 3.05) is 5.32 Å². The number of hydrogen-bond donors (Lipinski definition) is 2. The van der Waals surface area contributed by atoms with Gasteiger partial charge in [-0.05, 0) is 47.4 Å². The zero-order valence-corrected chi connectivity index (χ0v) is 12.2. The van der Waals surface area contributed by atoms with Crippen molar-refractivity contribution in [3.8, 4) is 5.75 Å². The van der Waals surface area contributed by atoms with E-state index in [9.17, 15) is 9.90 Å². The van der Waals surface area contributed by atoms with Crippen molar-refractivity contribution in [2.24, 2.45) is 0 Å². The van der Waals surface area contributed by atoms with Gasteiger partial charge in [0.15, 0.2) is 0 Å². The van der Waals surface area contributed by atoms with Gasteiger partial charge in [0.05, 0.1) is 0 Å². The van der Waals surface area contributed by atoms with Crippen LogP contribution in [-0.4, -0.2) is 11.0 Å². The lowest BCUT2D eigenvalue weighted by Crippen LogP contribution is -2.07. The first-order valence-corrected chi connectivity index (χ1v) is 6.92. The average Bonchev–Trinajstić information content (AvgIpc) is 2.48. The molecule has 0 fully saturated rings. The smallest absolute Gasteiger partial charge is 0.248 e. The predicted molar refractivity (Wildman–Crippen MR) is 86.3 cm³/mol. The van der Waals surface area contributed by atoms with Gasteiger partial charge in [0.2, 0.25) is 5.91 Å². The Kier molecular flexibility index (Phi) is 4.77. The average molecular weight is 281 g/mol. The molecular formula is C18H19NO2. The summed E-state index contributed by atoms with van der Waals surface area (Å²) in [5.41, 5.74) is 2.92. The number of aromatic hydroxyl groups is 1. The van der Waals surface area contributed by atoms with Gasteiger partial charge in [-0.25, -0.2) is 0 Å². The van der Waals surface area contributed by atoms with Gasteiger partial charge >= 0.3 is 0 Å². The summed E-state index contributed by atoms with van der Waals surface area (Å²) < 4.78 is 0. The third kappa shape index (κ3) is 4.49. The minimum atomic E-state index is -0.200. The number of nitrogens with one attached hydrogen (secondary N) is 1. The highest BCUT2D eigenvalue weighted by atomic mass is 16.3. The number of amides is 1. The Bertz CT molecular complexity index is 625. The molecule has 2 N–H and O–H groups in total. The van der Waals surface area contributed by atoms with Crippen molar-refractivity contribution in [1.82, 2.24) is 0 Å². The van der Waals surface area contributed by atoms with Crippen LogP contribution in [0.5, 0.6) is 5.75 Å². The van der Waals surface area contributed by atoms with Crippen LogP contribution in [0.15, 0.2) is 54.6 Å². The summed E-state index contributed by atoms with van der Waals surface area (Å²) in [4.78, 5) is 11.8. The summed E-state index contributed by atoms with van der Waals surface area (Å²) in [6.45, 7) is 4.30. The Balaban J connectivity index is 1.96. The van der Waals surface area contributed by atoms with Crippen LogP contribution >= 0.6 is 0 Å². The molecule has 3 nitrogen and oxygen atoms in total. The Morgan fingerprint density at radius 1 is 1.05 bits per heavy atom. The van der Waals surface area contributed by atoms with Gasteiger partial charge in [-0.1, -0.05) is 38.1 Å². The molecule has 0 aliphatic rings. The van der Waals surface area contributed by atoms with Gasteiger partial charge in [-0.15, -0.1) is 0 Å². The second kappa shape index (κ2) is 6.75. The van der Waals surface area contributed by atoms with Crippen molar-refractivity contribution >= 4 is 17.7 Å². The number of rotatable bonds is 4. The largest absolute Gasteiger partial charge is 0.508 e. The van der Waals surface area contributed by atoms with Crippen molar-refractivity contribution in [3.63, 3.8) is 0 Å². The molecule has 0 spiro atoms. The molecule has 1 amide bonds. The number of phenolic OH excluding ortho intramolecular Hbond substituents is 1. The lowest BCUT2D eigenvalue weighted by molar-refractivity contribution is -0.111. The fourth-order valence-corrected chi connectivity index (χ4v) is 1.89. The fourth-order valence-electron chi connectivity index (χ4n) is 1.89. The number of benzene rings is 2. The predicted octanol–water partition coefficient (Wildman–Crippen LogP) is 4.17. The maximum atomic E-state index is 11.8. The van der Waals surface area contributed by atoms with Gasteiger partial charge in [-0.3, -0.25) is 4.79 Å². The molecule has 0 aliphatic heterocycles. The van der Waals surface area contributed by atoms with Crippen LogP contribution in [0.3, 0.4) is 0 Å². The fraction of sp³-hybridized carbons (Fsp3) is 0.167. The minimum absolute atomic E-state index is 0.175. The van der Waals surface area contributed by atoms with Crippen molar-refractivity contribution in [2.45, 2.75) is 19.8 Å². The van der Waals surface area contributed by atoms with E-state index in [2.05, 4.69) is 31.3 Å². The number of anilines is 1. The maximum Gasteiger partial charge on any atom is 0.248 e. The van der Waals surface area contributed by atoms with Crippen LogP contribution in [0.4, 0.5) is 5.69 Å². The van der Waals surface area contributed by atoms with E-state index in [0.29, 0.717) is 11.6 Å². The van der Waals surface area contributed by atoms with Crippen LogP contribution in [0.2, 0.25) is 0 Å². The molecule has 0 aromatic heterocycles. The van der Waals surface area contributed by atoms with E-state index in [4.69, 9.17) is 0 Å². The van der Waals surface area contributed by atoms with E-state index < -0.39 is 0 Å². The zero-order valence-electron chi connectivity index (χ0n) is 12.2. The molecule has 2 aromatic rings. The first-order valence-electron chi connectivity index (χ1n) is 6.92. The molecule has 0 saturated carbocycles. The Hall–Kier alpha value is -2.55. The van der Waals surface area contributed by atoms with Crippen LogP contribution < -0.4 is 5.32 Å². The molecule has 0 saturated heterocycles. The second-order valence-electron chi connectivity index (χ2n) is 5.19.